The molecule has 0 aromatic carbocycles. The van der Waals surface area contributed by atoms with Crippen LogP contribution < -0.4 is 0 Å². The van der Waals surface area contributed by atoms with Crippen molar-refractivity contribution in [2.75, 3.05) is 21.3 Å². The van der Waals surface area contributed by atoms with E-state index in [0.717, 1.165) is 6.42 Å². The van der Waals surface area contributed by atoms with E-state index in [4.69, 9.17) is 18.9 Å². The SMILES string of the molecule is CCC=CC=C(OC)[C@@H](O)[C@H](C)C[C@@H](C=CC=C[C@H]1OC(=O)C=C[C@H]1OC)OC. The van der Waals surface area contributed by atoms with Crippen molar-refractivity contribution in [2.24, 2.45) is 5.92 Å². The Morgan fingerprint density at radius 1 is 1.28 bits per heavy atom. The number of esters is 1. The predicted octanol–water partition coefficient (Wildman–Crippen LogP) is 3.49. The molecular formula is C23H34O6. The van der Waals surface area contributed by atoms with Crippen molar-refractivity contribution in [1.82, 2.24) is 0 Å². The second-order valence-corrected chi connectivity index (χ2v) is 6.77. The number of methoxy groups -OCH3 is 3. The summed E-state index contributed by atoms with van der Waals surface area (Å²) in [5, 5.41) is 10.6. The number of allylic oxidation sites excluding steroid dienone is 5. The van der Waals surface area contributed by atoms with Crippen LogP contribution in [0.25, 0.3) is 0 Å². The summed E-state index contributed by atoms with van der Waals surface area (Å²) in [7, 11) is 4.75. The van der Waals surface area contributed by atoms with Crippen molar-refractivity contribution >= 4 is 5.97 Å². The molecule has 1 rings (SSSR count). The van der Waals surface area contributed by atoms with E-state index in [1.165, 1.54) is 6.08 Å². The van der Waals surface area contributed by atoms with Gasteiger partial charge in [0.05, 0.1) is 13.2 Å². The second-order valence-electron chi connectivity index (χ2n) is 6.77. The highest BCUT2D eigenvalue weighted by atomic mass is 16.6. The Balaban J connectivity index is 2.65. The minimum absolute atomic E-state index is 0.0721. The van der Waals surface area contributed by atoms with Crippen LogP contribution in [0.15, 0.2) is 60.4 Å². The highest BCUT2D eigenvalue weighted by Gasteiger charge is 2.24. The molecular weight excluding hydrogens is 372 g/mol. The van der Waals surface area contributed by atoms with Crippen LogP contribution >= 0.6 is 0 Å². The zero-order valence-electron chi connectivity index (χ0n) is 18.0. The second kappa shape index (κ2) is 13.9. The summed E-state index contributed by atoms with van der Waals surface area (Å²) in [6, 6.07) is 0. The average molecular weight is 407 g/mol. The molecule has 29 heavy (non-hydrogen) atoms. The first kappa shape index (κ1) is 24.9. The largest absolute Gasteiger partial charge is 0.498 e. The van der Waals surface area contributed by atoms with E-state index in [1.54, 1.807) is 45.6 Å². The molecule has 0 aliphatic carbocycles. The average Bonchev–Trinajstić information content (AvgIpc) is 2.73. The van der Waals surface area contributed by atoms with Crippen molar-refractivity contribution in [1.29, 1.82) is 0 Å². The molecule has 162 valence electrons. The van der Waals surface area contributed by atoms with Gasteiger partial charge in [0.25, 0.3) is 0 Å². The number of aliphatic hydroxyl groups excluding tert-OH is 1. The van der Waals surface area contributed by atoms with Crippen molar-refractivity contribution in [3.8, 4) is 0 Å². The Hall–Kier alpha value is -2.15. The van der Waals surface area contributed by atoms with E-state index in [1.807, 2.05) is 38.2 Å². The van der Waals surface area contributed by atoms with Crippen LogP contribution in [0.2, 0.25) is 0 Å². The smallest absolute Gasteiger partial charge is 0.331 e. The van der Waals surface area contributed by atoms with Crippen molar-refractivity contribution < 1.29 is 28.8 Å². The lowest BCUT2D eigenvalue weighted by molar-refractivity contribution is -0.147. The maximum atomic E-state index is 11.4. The highest BCUT2D eigenvalue weighted by Crippen LogP contribution is 2.20. The van der Waals surface area contributed by atoms with E-state index >= 15 is 0 Å². The zero-order valence-corrected chi connectivity index (χ0v) is 18.0. The minimum Gasteiger partial charge on any atom is -0.498 e. The van der Waals surface area contributed by atoms with Crippen molar-refractivity contribution in [2.45, 2.75) is 51.1 Å². The van der Waals surface area contributed by atoms with Gasteiger partial charge in [0.1, 0.15) is 18.0 Å². The maximum Gasteiger partial charge on any atom is 0.331 e. The van der Waals surface area contributed by atoms with Gasteiger partial charge in [0.2, 0.25) is 0 Å². The lowest BCUT2D eigenvalue weighted by Crippen LogP contribution is -2.32. The summed E-state index contributed by atoms with van der Waals surface area (Å²) >= 11 is 0. The first-order valence-electron chi connectivity index (χ1n) is 9.84. The molecule has 6 nitrogen and oxygen atoms in total. The molecule has 0 saturated heterocycles. The number of rotatable bonds is 12. The Kier molecular flexibility index (Phi) is 12.0. The monoisotopic (exact) mass is 406 g/mol. The third-order valence-electron chi connectivity index (χ3n) is 4.61. The Bertz CT molecular complexity index is 631. The molecule has 6 heteroatoms. The third-order valence-corrected chi connectivity index (χ3v) is 4.61. The molecule has 0 saturated carbocycles. The standard InChI is InChI=1S/C23H34O6/c1-6-7-8-13-21(28-5)23(25)17(2)16-18(26-3)11-9-10-12-20-19(27-4)14-15-22(24)29-20/h7-15,17-20,23,25H,6,16H2,1-5H3/t17-,18-,19-,20-,23+/m1/s1. The van der Waals surface area contributed by atoms with E-state index in [-0.39, 0.29) is 24.1 Å². The van der Waals surface area contributed by atoms with Crippen LogP contribution in [0, 0.1) is 5.92 Å². The number of cyclic esters (lactones) is 1. The molecule has 1 aliphatic heterocycles. The van der Waals surface area contributed by atoms with Crippen LogP contribution in [0.3, 0.4) is 0 Å². The summed E-state index contributed by atoms with van der Waals surface area (Å²) in [6.07, 6.45) is 15.9. The van der Waals surface area contributed by atoms with Gasteiger partial charge in [-0.25, -0.2) is 4.79 Å². The predicted molar refractivity (Wildman–Crippen MR) is 113 cm³/mol. The molecule has 0 fully saturated rings. The van der Waals surface area contributed by atoms with Gasteiger partial charge in [-0.3, -0.25) is 0 Å². The molecule has 1 aliphatic rings. The lowest BCUT2D eigenvalue weighted by atomic mass is 9.95. The fourth-order valence-electron chi connectivity index (χ4n) is 2.86. The zero-order chi connectivity index (χ0) is 21.6. The highest BCUT2D eigenvalue weighted by molar-refractivity contribution is 5.83. The van der Waals surface area contributed by atoms with E-state index in [9.17, 15) is 9.90 Å². The van der Waals surface area contributed by atoms with E-state index < -0.39 is 12.2 Å². The summed E-state index contributed by atoms with van der Waals surface area (Å²) < 4.78 is 21.3. The summed E-state index contributed by atoms with van der Waals surface area (Å²) in [4.78, 5) is 11.4. The molecule has 5 atom stereocenters. The number of hydrogen-bond donors (Lipinski definition) is 1. The molecule has 0 spiro atoms. The quantitative estimate of drug-likeness (QED) is 0.304. The molecule has 0 aromatic rings. The number of carbonyl (C=O) groups is 1. The van der Waals surface area contributed by atoms with Gasteiger partial charge < -0.3 is 24.1 Å². The summed E-state index contributed by atoms with van der Waals surface area (Å²) in [6.45, 7) is 4.00. The molecule has 0 radical (unpaired) electrons. The molecule has 0 unspecified atom stereocenters. The summed E-state index contributed by atoms with van der Waals surface area (Å²) in [5.41, 5.74) is 0. The third kappa shape index (κ3) is 8.81. The fourth-order valence-corrected chi connectivity index (χ4v) is 2.86. The van der Waals surface area contributed by atoms with Gasteiger partial charge in [-0.2, -0.15) is 0 Å². The Morgan fingerprint density at radius 3 is 2.66 bits per heavy atom. The normalized spacial score (nSPS) is 23.7. The Labute approximate surface area is 174 Å². The number of aliphatic hydroxyl groups is 1. The van der Waals surface area contributed by atoms with Crippen LogP contribution in [-0.4, -0.2) is 56.8 Å². The van der Waals surface area contributed by atoms with Crippen LogP contribution in [0.4, 0.5) is 0 Å². The first-order valence-corrected chi connectivity index (χ1v) is 9.84. The van der Waals surface area contributed by atoms with Gasteiger partial charge in [-0.1, -0.05) is 44.2 Å². The van der Waals surface area contributed by atoms with Gasteiger partial charge in [-0.05, 0) is 37.0 Å². The molecule has 0 aromatic heterocycles. The molecule has 1 N–H and O–H groups in total. The van der Waals surface area contributed by atoms with Crippen LogP contribution in [0.5, 0.6) is 0 Å². The first-order chi connectivity index (χ1) is 14.0. The number of ether oxygens (including phenoxy) is 4. The topological polar surface area (TPSA) is 74.2 Å². The number of hydrogen-bond acceptors (Lipinski definition) is 6. The van der Waals surface area contributed by atoms with Gasteiger partial charge in [0.15, 0.2) is 6.10 Å². The van der Waals surface area contributed by atoms with Crippen molar-refractivity contribution in [3.63, 3.8) is 0 Å². The Morgan fingerprint density at radius 2 is 2.03 bits per heavy atom. The maximum absolute atomic E-state index is 11.4. The minimum atomic E-state index is -0.723. The molecule has 1 heterocycles. The van der Waals surface area contributed by atoms with Gasteiger partial charge in [0, 0.05) is 20.3 Å². The molecule has 0 amide bonds. The summed E-state index contributed by atoms with van der Waals surface area (Å²) in [5.74, 6) is 0.0705. The van der Waals surface area contributed by atoms with E-state index in [2.05, 4.69) is 0 Å². The van der Waals surface area contributed by atoms with Crippen molar-refractivity contribution in [3.05, 3.63) is 60.4 Å². The van der Waals surface area contributed by atoms with Gasteiger partial charge in [-0.15, -0.1) is 0 Å². The van der Waals surface area contributed by atoms with E-state index in [0.29, 0.717) is 12.2 Å². The van der Waals surface area contributed by atoms with Crippen LogP contribution in [0.1, 0.15) is 26.7 Å². The number of carbonyl (C=O) groups excluding carboxylic acids is 1. The van der Waals surface area contributed by atoms with Gasteiger partial charge >= 0.3 is 5.97 Å². The molecule has 0 bridgehead atoms. The lowest BCUT2D eigenvalue weighted by Gasteiger charge is -2.23. The fraction of sp³-hybridized carbons (Fsp3) is 0.522. The van der Waals surface area contributed by atoms with Crippen LogP contribution in [-0.2, 0) is 23.7 Å².